The molecule has 2 atom stereocenters. The molecule has 16 heavy (non-hydrogen) atoms. The molecule has 0 rings (SSSR count). The topological polar surface area (TPSA) is 97.4 Å². The van der Waals surface area contributed by atoms with E-state index in [1.165, 1.54) is 0 Å². The second kappa shape index (κ2) is 7.04. The molecule has 0 saturated heterocycles. The fraction of sp³-hybridized carbons (Fsp3) is 0.833. The lowest BCUT2D eigenvalue weighted by Gasteiger charge is -2.22. The first-order chi connectivity index (χ1) is 7.45. The number of carbonyl (C=O) groups is 1. The summed E-state index contributed by atoms with van der Waals surface area (Å²) < 4.78 is 45.6. The fourth-order valence-electron chi connectivity index (χ4n) is 0.748. The molecule has 0 spiro atoms. The third-order valence-electron chi connectivity index (χ3n) is 1.57. The maximum atomic E-state index is 11.9. The van der Waals surface area contributed by atoms with Crippen LogP contribution in [0.5, 0.6) is 0 Å². The molecule has 0 N–H and O–H groups in total. The molecule has 2 unspecified atom stereocenters. The van der Waals surface area contributed by atoms with Crippen LogP contribution in [-0.2, 0) is 32.2 Å². The summed E-state index contributed by atoms with van der Waals surface area (Å²) >= 11 is 0. The smallest absolute Gasteiger partial charge is 0.438 e. The molecular formula is C6H14O8P2. The summed E-state index contributed by atoms with van der Waals surface area (Å²) in [5.74, 6) is 0. The second-order valence-corrected chi connectivity index (χ2v) is 6.69. The van der Waals surface area contributed by atoms with Gasteiger partial charge in [-0.3, -0.25) is 9.13 Å². The Morgan fingerprint density at radius 1 is 1.19 bits per heavy atom. The molecule has 0 aliphatic carbocycles. The SMILES string of the molecule is COC(=O)OC([PH](=O)OC)P(=O)(OC)OC. The van der Waals surface area contributed by atoms with Crippen LogP contribution >= 0.6 is 15.6 Å². The van der Waals surface area contributed by atoms with E-state index in [0.717, 1.165) is 28.4 Å². The molecule has 0 aliphatic heterocycles. The van der Waals surface area contributed by atoms with Crippen molar-refractivity contribution in [3.05, 3.63) is 0 Å². The van der Waals surface area contributed by atoms with Crippen LogP contribution in [0.25, 0.3) is 0 Å². The second-order valence-electron chi connectivity index (χ2n) is 2.35. The Hall–Kier alpha value is -0.390. The highest BCUT2D eigenvalue weighted by molar-refractivity contribution is 7.66. The van der Waals surface area contributed by atoms with E-state index in [1.54, 1.807) is 0 Å². The summed E-state index contributed by atoms with van der Waals surface area (Å²) in [7, 11) is -2.48. The lowest BCUT2D eigenvalue weighted by atomic mass is 11.3. The molecule has 0 bridgehead atoms. The van der Waals surface area contributed by atoms with E-state index in [-0.39, 0.29) is 0 Å². The normalized spacial score (nSPS) is 15.2. The van der Waals surface area contributed by atoms with Crippen LogP contribution in [0.3, 0.4) is 0 Å². The first-order valence-electron chi connectivity index (χ1n) is 3.98. The largest absolute Gasteiger partial charge is 0.509 e. The fourth-order valence-corrected chi connectivity index (χ4v) is 3.87. The van der Waals surface area contributed by atoms with Gasteiger partial charge in [-0.25, -0.2) is 4.79 Å². The number of ether oxygens (including phenoxy) is 2. The molecule has 0 saturated carbocycles. The van der Waals surface area contributed by atoms with Gasteiger partial charge in [-0.05, 0) is 0 Å². The van der Waals surface area contributed by atoms with Crippen LogP contribution in [0.1, 0.15) is 0 Å². The first kappa shape index (κ1) is 15.6. The highest BCUT2D eigenvalue weighted by atomic mass is 31.2. The molecule has 0 radical (unpaired) electrons. The van der Waals surface area contributed by atoms with E-state index in [0.29, 0.717) is 0 Å². The molecular weight excluding hydrogens is 262 g/mol. The molecule has 0 aliphatic rings. The van der Waals surface area contributed by atoms with Gasteiger partial charge < -0.3 is 23.0 Å². The van der Waals surface area contributed by atoms with E-state index >= 15 is 0 Å². The molecule has 0 amide bonds. The highest BCUT2D eigenvalue weighted by Gasteiger charge is 2.43. The Morgan fingerprint density at radius 3 is 2.00 bits per heavy atom. The summed E-state index contributed by atoms with van der Waals surface area (Å²) in [6.45, 7) is 0. The molecule has 0 heterocycles. The Balaban J connectivity index is 5.00. The zero-order chi connectivity index (χ0) is 12.8. The predicted molar refractivity (Wildman–Crippen MR) is 54.9 cm³/mol. The maximum Gasteiger partial charge on any atom is 0.509 e. The van der Waals surface area contributed by atoms with Crippen molar-refractivity contribution in [2.45, 2.75) is 5.59 Å². The molecule has 0 aromatic rings. The minimum atomic E-state index is -3.85. The predicted octanol–water partition coefficient (Wildman–Crippen LogP) is 1.66. The van der Waals surface area contributed by atoms with Crippen molar-refractivity contribution in [2.75, 3.05) is 28.4 Å². The van der Waals surface area contributed by atoms with E-state index in [1.807, 2.05) is 0 Å². The van der Waals surface area contributed by atoms with Crippen LogP contribution in [0.15, 0.2) is 0 Å². The van der Waals surface area contributed by atoms with Gasteiger partial charge >= 0.3 is 13.8 Å². The summed E-state index contributed by atoms with van der Waals surface area (Å²) in [4.78, 5) is 10.9. The van der Waals surface area contributed by atoms with Gasteiger partial charge in [-0.1, -0.05) is 0 Å². The number of hydrogen-bond acceptors (Lipinski definition) is 8. The third-order valence-corrected chi connectivity index (χ3v) is 5.78. The van der Waals surface area contributed by atoms with Gasteiger partial charge in [0.15, 0.2) is 0 Å². The third kappa shape index (κ3) is 3.88. The van der Waals surface area contributed by atoms with E-state index < -0.39 is 27.4 Å². The Kier molecular flexibility index (Phi) is 6.87. The van der Waals surface area contributed by atoms with Crippen molar-refractivity contribution in [1.82, 2.24) is 0 Å². The average molecular weight is 276 g/mol. The number of hydrogen-bond donors (Lipinski definition) is 0. The molecule has 0 fully saturated rings. The Morgan fingerprint density at radius 2 is 1.69 bits per heavy atom. The summed E-state index contributed by atoms with van der Waals surface area (Å²) in [5.41, 5.74) is -1.63. The van der Waals surface area contributed by atoms with Crippen LogP contribution in [-0.4, -0.2) is 40.2 Å². The summed E-state index contributed by atoms with van der Waals surface area (Å²) in [6, 6.07) is 0. The van der Waals surface area contributed by atoms with Crippen molar-refractivity contribution in [3.63, 3.8) is 0 Å². The van der Waals surface area contributed by atoms with Gasteiger partial charge in [0.05, 0.1) is 7.11 Å². The molecule has 0 aromatic heterocycles. The van der Waals surface area contributed by atoms with Crippen molar-refractivity contribution in [2.24, 2.45) is 0 Å². The highest BCUT2D eigenvalue weighted by Crippen LogP contribution is 2.60. The quantitative estimate of drug-likeness (QED) is 0.533. The monoisotopic (exact) mass is 276 g/mol. The van der Waals surface area contributed by atoms with Gasteiger partial charge in [0.1, 0.15) is 0 Å². The molecule has 8 nitrogen and oxygen atoms in total. The van der Waals surface area contributed by atoms with Crippen molar-refractivity contribution in [3.8, 4) is 0 Å². The minimum absolute atomic E-state index is 1.05. The van der Waals surface area contributed by atoms with Crippen LogP contribution in [0, 0.1) is 0 Å². The summed E-state index contributed by atoms with van der Waals surface area (Å²) in [6.07, 6.45) is -1.16. The van der Waals surface area contributed by atoms with Crippen LogP contribution in [0.4, 0.5) is 4.79 Å². The van der Waals surface area contributed by atoms with Crippen molar-refractivity contribution >= 4 is 21.8 Å². The zero-order valence-electron chi connectivity index (χ0n) is 9.29. The number of methoxy groups -OCH3 is 1. The van der Waals surface area contributed by atoms with Gasteiger partial charge in [0.25, 0.3) is 5.59 Å². The van der Waals surface area contributed by atoms with Gasteiger partial charge in [0, 0.05) is 21.3 Å². The molecule has 10 heteroatoms. The Bertz CT molecular complexity index is 295. The van der Waals surface area contributed by atoms with Crippen LogP contribution in [0.2, 0.25) is 0 Å². The number of rotatable bonds is 6. The standard InChI is InChI=1S/C6H14O8P2/c1-10-5(7)14-6(15(8)11-2)16(9,12-3)13-4/h6,15H,1-4H3. The van der Waals surface area contributed by atoms with Crippen LogP contribution < -0.4 is 0 Å². The van der Waals surface area contributed by atoms with E-state index in [2.05, 4.69) is 23.0 Å². The molecule has 0 aromatic carbocycles. The van der Waals surface area contributed by atoms with E-state index in [4.69, 9.17) is 0 Å². The minimum Gasteiger partial charge on any atom is -0.438 e. The van der Waals surface area contributed by atoms with Crippen molar-refractivity contribution in [1.29, 1.82) is 0 Å². The van der Waals surface area contributed by atoms with Gasteiger partial charge in [-0.2, -0.15) is 0 Å². The average Bonchev–Trinajstić information content (AvgIpc) is 2.33. The Labute approximate surface area is 93.5 Å². The first-order valence-corrected chi connectivity index (χ1v) is 6.99. The van der Waals surface area contributed by atoms with Gasteiger partial charge in [-0.15, -0.1) is 0 Å². The maximum absolute atomic E-state index is 11.9. The summed E-state index contributed by atoms with van der Waals surface area (Å²) in [5, 5.41) is 0. The molecule has 96 valence electrons. The van der Waals surface area contributed by atoms with Crippen molar-refractivity contribution < 1.29 is 37.0 Å². The lowest BCUT2D eigenvalue weighted by molar-refractivity contribution is 0.0674. The lowest BCUT2D eigenvalue weighted by Crippen LogP contribution is -2.17. The zero-order valence-corrected chi connectivity index (χ0v) is 11.2. The van der Waals surface area contributed by atoms with Gasteiger partial charge in [0.2, 0.25) is 8.03 Å². The van der Waals surface area contributed by atoms with E-state index in [9.17, 15) is 13.9 Å². The number of carbonyl (C=O) groups excluding carboxylic acids is 1.